The van der Waals surface area contributed by atoms with Gasteiger partial charge in [0.2, 0.25) is 5.91 Å². The van der Waals surface area contributed by atoms with Crippen LogP contribution in [0, 0.1) is 0 Å². The molecular weight excluding hydrogens is 392 g/mol. The van der Waals surface area contributed by atoms with Gasteiger partial charge in [-0.1, -0.05) is 30.9 Å². The van der Waals surface area contributed by atoms with Gasteiger partial charge >= 0.3 is 0 Å². The monoisotopic (exact) mass is 418 g/mol. The smallest absolute Gasteiger partial charge is 0.246 e. The van der Waals surface area contributed by atoms with Gasteiger partial charge in [0, 0.05) is 13.1 Å². The van der Waals surface area contributed by atoms with Crippen LogP contribution in [0.3, 0.4) is 0 Å². The molecule has 0 saturated carbocycles. The lowest BCUT2D eigenvalue weighted by Gasteiger charge is -2.24. The van der Waals surface area contributed by atoms with E-state index in [2.05, 4.69) is 16.7 Å². The summed E-state index contributed by atoms with van der Waals surface area (Å²) in [6, 6.07) is 13.3. The maximum absolute atomic E-state index is 12.7. The minimum Gasteiger partial charge on any atom is -0.493 e. The fourth-order valence-corrected chi connectivity index (χ4v) is 3.00. The van der Waals surface area contributed by atoms with Gasteiger partial charge in [0.15, 0.2) is 11.5 Å². The summed E-state index contributed by atoms with van der Waals surface area (Å²) >= 11 is 0. The van der Waals surface area contributed by atoms with Crippen LogP contribution in [0.15, 0.2) is 73.9 Å². The lowest BCUT2D eigenvalue weighted by Crippen LogP contribution is -2.27. The van der Waals surface area contributed by atoms with E-state index < -0.39 is 0 Å². The number of benzene rings is 2. The summed E-state index contributed by atoms with van der Waals surface area (Å²) in [5, 5.41) is 4.12. The van der Waals surface area contributed by atoms with Crippen molar-refractivity contribution < 1.29 is 14.3 Å². The number of methoxy groups -OCH3 is 1. The average molecular weight is 418 g/mol. The van der Waals surface area contributed by atoms with E-state index in [1.165, 1.54) is 6.33 Å². The van der Waals surface area contributed by atoms with Crippen molar-refractivity contribution in [3.05, 3.63) is 85.0 Å². The number of nitrogens with zero attached hydrogens (tertiary/aromatic N) is 4. The molecule has 0 aliphatic carbocycles. The molecule has 7 nitrogen and oxygen atoms in total. The predicted octanol–water partition coefficient (Wildman–Crippen LogP) is 4.07. The van der Waals surface area contributed by atoms with E-state index in [-0.39, 0.29) is 11.9 Å². The number of amides is 1. The van der Waals surface area contributed by atoms with E-state index in [0.29, 0.717) is 18.1 Å². The standard InChI is InChI=1S/C24H26N4O3/c1-5-14-31-22-12-6-19(15-23(22)30-4)7-13-24(29)27(3)18(2)20-8-10-21(11-9-20)28-17-25-16-26-28/h5-13,15-18H,1,14H2,2-4H3/b13-7+/t18-/m1/s1. The van der Waals surface area contributed by atoms with Crippen LogP contribution in [0.2, 0.25) is 0 Å². The van der Waals surface area contributed by atoms with E-state index in [1.807, 2.05) is 49.4 Å². The summed E-state index contributed by atoms with van der Waals surface area (Å²) in [5.74, 6) is 1.13. The Hall–Kier alpha value is -3.87. The highest BCUT2D eigenvalue weighted by Crippen LogP contribution is 2.28. The molecule has 1 heterocycles. The SMILES string of the molecule is C=CCOc1ccc(/C=C/C(=O)N(C)[C@H](C)c2ccc(-n3cncn3)cc2)cc1OC. The Labute approximate surface area is 182 Å². The molecule has 0 N–H and O–H groups in total. The molecule has 160 valence electrons. The molecule has 1 atom stereocenters. The minimum absolute atomic E-state index is 0.0915. The molecule has 0 saturated heterocycles. The number of likely N-dealkylation sites (N-methyl/N-ethyl adjacent to an activating group) is 1. The molecule has 7 heteroatoms. The van der Waals surface area contributed by atoms with Crippen molar-refractivity contribution in [2.45, 2.75) is 13.0 Å². The quantitative estimate of drug-likeness (QED) is 0.387. The first kappa shape index (κ1) is 21.8. The van der Waals surface area contributed by atoms with Crippen molar-refractivity contribution in [3.63, 3.8) is 0 Å². The fourth-order valence-electron chi connectivity index (χ4n) is 3.00. The first-order valence-electron chi connectivity index (χ1n) is 9.85. The molecule has 0 fully saturated rings. The number of rotatable bonds is 9. The zero-order valence-electron chi connectivity index (χ0n) is 17.9. The summed E-state index contributed by atoms with van der Waals surface area (Å²) < 4.78 is 12.6. The van der Waals surface area contributed by atoms with Crippen molar-refractivity contribution in [2.75, 3.05) is 20.8 Å². The van der Waals surface area contributed by atoms with Gasteiger partial charge in [0.05, 0.1) is 18.8 Å². The predicted molar refractivity (Wildman–Crippen MR) is 120 cm³/mol. The van der Waals surface area contributed by atoms with Crippen molar-refractivity contribution in [2.24, 2.45) is 0 Å². The van der Waals surface area contributed by atoms with Crippen LogP contribution in [-0.4, -0.2) is 46.3 Å². The Morgan fingerprint density at radius 1 is 1.23 bits per heavy atom. The Bertz CT molecular complexity index is 1040. The first-order valence-corrected chi connectivity index (χ1v) is 9.85. The molecule has 0 radical (unpaired) electrons. The van der Waals surface area contributed by atoms with Gasteiger partial charge in [-0.05, 0) is 48.4 Å². The van der Waals surface area contributed by atoms with Crippen molar-refractivity contribution in [3.8, 4) is 17.2 Å². The molecule has 2 aromatic carbocycles. The van der Waals surface area contributed by atoms with E-state index in [0.717, 1.165) is 16.8 Å². The average Bonchev–Trinajstić information content (AvgIpc) is 3.35. The van der Waals surface area contributed by atoms with Gasteiger partial charge in [-0.2, -0.15) is 5.10 Å². The second kappa shape index (κ2) is 10.2. The molecule has 0 aliphatic heterocycles. The van der Waals surface area contributed by atoms with E-state index in [4.69, 9.17) is 9.47 Å². The second-order valence-corrected chi connectivity index (χ2v) is 6.90. The summed E-state index contributed by atoms with van der Waals surface area (Å²) in [4.78, 5) is 18.3. The van der Waals surface area contributed by atoms with Gasteiger partial charge in [-0.25, -0.2) is 9.67 Å². The maximum Gasteiger partial charge on any atom is 0.246 e. The number of ether oxygens (including phenoxy) is 2. The Morgan fingerprint density at radius 2 is 2.00 bits per heavy atom. The molecule has 3 aromatic rings. The fraction of sp³-hybridized carbons (Fsp3) is 0.208. The van der Waals surface area contributed by atoms with Crippen LogP contribution in [0.5, 0.6) is 11.5 Å². The number of carbonyl (C=O) groups excluding carboxylic acids is 1. The molecule has 0 bridgehead atoms. The Balaban J connectivity index is 1.66. The third kappa shape index (κ3) is 5.39. The van der Waals surface area contributed by atoms with E-state index in [9.17, 15) is 4.79 Å². The Morgan fingerprint density at radius 3 is 2.65 bits per heavy atom. The van der Waals surface area contributed by atoms with Gasteiger partial charge in [0.1, 0.15) is 19.3 Å². The Kier molecular flexibility index (Phi) is 7.22. The highest BCUT2D eigenvalue weighted by Gasteiger charge is 2.15. The van der Waals surface area contributed by atoms with E-state index >= 15 is 0 Å². The first-order chi connectivity index (χ1) is 15.0. The second-order valence-electron chi connectivity index (χ2n) is 6.90. The van der Waals surface area contributed by atoms with Gasteiger partial charge in [-0.3, -0.25) is 4.79 Å². The number of hydrogen-bond acceptors (Lipinski definition) is 5. The molecule has 3 rings (SSSR count). The van der Waals surface area contributed by atoms with Gasteiger partial charge in [0.25, 0.3) is 0 Å². The lowest BCUT2D eigenvalue weighted by molar-refractivity contribution is -0.126. The molecule has 1 amide bonds. The molecule has 0 unspecified atom stereocenters. The molecule has 1 aromatic heterocycles. The highest BCUT2D eigenvalue weighted by atomic mass is 16.5. The van der Waals surface area contributed by atoms with Crippen LogP contribution in [-0.2, 0) is 4.79 Å². The minimum atomic E-state index is -0.0983. The van der Waals surface area contributed by atoms with Crippen molar-refractivity contribution >= 4 is 12.0 Å². The van der Waals surface area contributed by atoms with Crippen molar-refractivity contribution in [1.82, 2.24) is 19.7 Å². The zero-order chi connectivity index (χ0) is 22.2. The van der Waals surface area contributed by atoms with Crippen LogP contribution in [0.1, 0.15) is 24.1 Å². The van der Waals surface area contributed by atoms with Crippen LogP contribution >= 0.6 is 0 Å². The lowest BCUT2D eigenvalue weighted by atomic mass is 10.1. The van der Waals surface area contributed by atoms with Gasteiger partial charge < -0.3 is 14.4 Å². The third-order valence-electron chi connectivity index (χ3n) is 4.95. The summed E-state index contributed by atoms with van der Waals surface area (Å²) in [6.45, 7) is 6.03. The summed E-state index contributed by atoms with van der Waals surface area (Å²) in [7, 11) is 3.37. The van der Waals surface area contributed by atoms with Crippen LogP contribution < -0.4 is 9.47 Å². The highest BCUT2D eigenvalue weighted by molar-refractivity contribution is 5.92. The van der Waals surface area contributed by atoms with Crippen LogP contribution in [0.25, 0.3) is 11.8 Å². The molecule has 31 heavy (non-hydrogen) atoms. The maximum atomic E-state index is 12.7. The summed E-state index contributed by atoms with van der Waals surface area (Å²) in [6.07, 6.45) is 8.13. The zero-order valence-corrected chi connectivity index (χ0v) is 17.9. The van der Waals surface area contributed by atoms with Gasteiger partial charge in [-0.15, -0.1) is 0 Å². The number of aromatic nitrogens is 3. The topological polar surface area (TPSA) is 69.5 Å². The number of hydrogen-bond donors (Lipinski definition) is 0. The third-order valence-corrected chi connectivity index (χ3v) is 4.95. The van der Waals surface area contributed by atoms with Crippen LogP contribution in [0.4, 0.5) is 0 Å². The normalized spacial score (nSPS) is 11.8. The molecule has 0 spiro atoms. The van der Waals surface area contributed by atoms with E-state index in [1.54, 1.807) is 48.3 Å². The number of carbonyl (C=O) groups is 1. The largest absolute Gasteiger partial charge is 0.493 e. The van der Waals surface area contributed by atoms with Crippen molar-refractivity contribution in [1.29, 1.82) is 0 Å². The summed E-state index contributed by atoms with van der Waals surface area (Å²) in [5.41, 5.74) is 2.78. The molecule has 0 aliphatic rings. The molecular formula is C24H26N4O3.